The van der Waals surface area contributed by atoms with Crippen molar-refractivity contribution in [3.63, 3.8) is 0 Å². The molecule has 1 aliphatic rings. The van der Waals surface area contributed by atoms with Crippen molar-refractivity contribution in [2.45, 2.75) is 64.1 Å². The molecule has 1 heterocycles. The molecule has 0 radical (unpaired) electrons. The second-order valence-corrected chi connectivity index (χ2v) is 8.88. The van der Waals surface area contributed by atoms with E-state index in [9.17, 15) is 4.79 Å². The van der Waals surface area contributed by atoms with Crippen LogP contribution in [0.25, 0.3) is 10.8 Å². The summed E-state index contributed by atoms with van der Waals surface area (Å²) in [6.07, 6.45) is 6.05. The summed E-state index contributed by atoms with van der Waals surface area (Å²) in [6, 6.07) is 14.2. The number of rotatable bonds is 6. The summed E-state index contributed by atoms with van der Waals surface area (Å²) in [4.78, 5) is 13.3. The number of fused-ring (bicyclic) bond motifs is 1. The maximum Gasteiger partial charge on any atom is 0.258 e. The van der Waals surface area contributed by atoms with Crippen LogP contribution < -0.4 is 20.8 Å². The van der Waals surface area contributed by atoms with Crippen LogP contribution in [0.3, 0.4) is 0 Å². The summed E-state index contributed by atoms with van der Waals surface area (Å²) in [6.45, 7) is 4.81. The van der Waals surface area contributed by atoms with Gasteiger partial charge < -0.3 is 19.8 Å². The Hall–Kier alpha value is -2.79. The summed E-state index contributed by atoms with van der Waals surface area (Å²) >= 11 is 0. The van der Waals surface area contributed by atoms with E-state index in [1.165, 1.54) is 0 Å². The van der Waals surface area contributed by atoms with Gasteiger partial charge in [-0.15, -0.1) is 0 Å². The molecule has 5 nitrogen and oxygen atoms in total. The lowest BCUT2D eigenvalue weighted by atomic mass is 9.93. The second kappa shape index (κ2) is 9.15. The van der Waals surface area contributed by atoms with Gasteiger partial charge in [0.15, 0.2) is 0 Å². The molecular formula is C26H32N2O3. The first-order valence-corrected chi connectivity index (χ1v) is 11.2. The van der Waals surface area contributed by atoms with Gasteiger partial charge in [0.1, 0.15) is 11.5 Å². The van der Waals surface area contributed by atoms with Gasteiger partial charge in [0.05, 0.1) is 19.8 Å². The molecule has 164 valence electrons. The van der Waals surface area contributed by atoms with Gasteiger partial charge in [-0.1, -0.05) is 26.0 Å². The van der Waals surface area contributed by atoms with Gasteiger partial charge in [0.25, 0.3) is 5.56 Å². The van der Waals surface area contributed by atoms with Crippen molar-refractivity contribution in [1.29, 1.82) is 0 Å². The van der Waals surface area contributed by atoms with Crippen LogP contribution in [-0.4, -0.2) is 23.8 Å². The standard InChI is InChI=1S/C26H32N2O3/c1-17(2)23-15-24-19(14-25(23)31-22-10-6-20(27)7-11-22)12-13-28(26(24)29)16-18-4-8-21(30-3)9-5-18/h4-5,8-9,12-15,17,20,22H,6-7,10-11,16,27H2,1-3H3/t20-,22+. The highest BCUT2D eigenvalue weighted by atomic mass is 16.5. The van der Waals surface area contributed by atoms with Crippen LogP contribution in [0.4, 0.5) is 0 Å². The van der Waals surface area contributed by atoms with Crippen LogP contribution in [0.2, 0.25) is 0 Å². The van der Waals surface area contributed by atoms with E-state index in [-0.39, 0.29) is 17.6 Å². The molecule has 0 amide bonds. The zero-order valence-corrected chi connectivity index (χ0v) is 18.6. The Labute approximate surface area is 183 Å². The fraction of sp³-hybridized carbons (Fsp3) is 0.423. The molecule has 0 saturated heterocycles. The third-order valence-corrected chi connectivity index (χ3v) is 6.25. The van der Waals surface area contributed by atoms with Crippen molar-refractivity contribution in [3.05, 3.63) is 70.1 Å². The second-order valence-electron chi connectivity index (χ2n) is 8.88. The van der Waals surface area contributed by atoms with Crippen LogP contribution in [0, 0.1) is 0 Å². The molecule has 0 aliphatic heterocycles. The fourth-order valence-electron chi connectivity index (χ4n) is 4.32. The first-order valence-electron chi connectivity index (χ1n) is 11.2. The van der Waals surface area contributed by atoms with E-state index in [2.05, 4.69) is 13.8 Å². The van der Waals surface area contributed by atoms with Crippen LogP contribution in [0.5, 0.6) is 11.5 Å². The summed E-state index contributed by atoms with van der Waals surface area (Å²) in [5, 5.41) is 1.65. The average Bonchev–Trinajstić information content (AvgIpc) is 2.77. The topological polar surface area (TPSA) is 66.5 Å². The predicted molar refractivity (Wildman–Crippen MR) is 125 cm³/mol. The highest BCUT2D eigenvalue weighted by molar-refractivity contribution is 5.84. The maximum atomic E-state index is 13.3. The molecule has 2 N–H and O–H groups in total. The van der Waals surface area contributed by atoms with Crippen molar-refractivity contribution >= 4 is 10.8 Å². The number of nitrogens with zero attached hydrogens (tertiary/aromatic N) is 1. The van der Waals surface area contributed by atoms with E-state index in [0.717, 1.165) is 59.1 Å². The van der Waals surface area contributed by atoms with Crippen molar-refractivity contribution in [2.24, 2.45) is 5.73 Å². The first-order chi connectivity index (χ1) is 14.9. The molecular weight excluding hydrogens is 388 g/mol. The Balaban J connectivity index is 1.65. The van der Waals surface area contributed by atoms with Crippen molar-refractivity contribution in [2.75, 3.05) is 7.11 Å². The minimum atomic E-state index is 0.0189. The minimum absolute atomic E-state index is 0.0189. The van der Waals surface area contributed by atoms with Gasteiger partial charge in [-0.05, 0) is 78.4 Å². The lowest BCUT2D eigenvalue weighted by Gasteiger charge is -2.28. The maximum absolute atomic E-state index is 13.3. The minimum Gasteiger partial charge on any atom is -0.497 e. The zero-order chi connectivity index (χ0) is 22.0. The summed E-state index contributed by atoms with van der Waals surface area (Å²) in [7, 11) is 1.65. The van der Waals surface area contributed by atoms with Crippen LogP contribution in [0.1, 0.15) is 56.6 Å². The summed E-state index contributed by atoms with van der Waals surface area (Å²) < 4.78 is 13.4. The van der Waals surface area contributed by atoms with Crippen LogP contribution >= 0.6 is 0 Å². The van der Waals surface area contributed by atoms with Crippen molar-refractivity contribution in [1.82, 2.24) is 4.57 Å². The van der Waals surface area contributed by atoms with E-state index >= 15 is 0 Å². The zero-order valence-electron chi connectivity index (χ0n) is 18.6. The molecule has 1 fully saturated rings. The molecule has 0 unspecified atom stereocenters. The normalized spacial score (nSPS) is 19.0. The smallest absolute Gasteiger partial charge is 0.258 e. The Morgan fingerprint density at radius 3 is 2.42 bits per heavy atom. The fourth-order valence-corrected chi connectivity index (χ4v) is 4.32. The molecule has 1 aromatic heterocycles. The van der Waals surface area contributed by atoms with Gasteiger partial charge in [0, 0.05) is 17.6 Å². The molecule has 1 saturated carbocycles. The molecule has 4 rings (SSSR count). The first kappa shape index (κ1) is 21.4. The van der Waals surface area contributed by atoms with Crippen LogP contribution in [-0.2, 0) is 6.54 Å². The third kappa shape index (κ3) is 4.77. The summed E-state index contributed by atoms with van der Waals surface area (Å²) in [5.41, 5.74) is 8.21. The number of methoxy groups -OCH3 is 1. The van der Waals surface area contributed by atoms with Crippen molar-refractivity contribution in [3.8, 4) is 11.5 Å². The molecule has 0 spiro atoms. The van der Waals surface area contributed by atoms with E-state index in [0.29, 0.717) is 12.6 Å². The molecule has 2 aromatic carbocycles. The summed E-state index contributed by atoms with van der Waals surface area (Å²) in [5.74, 6) is 1.97. The molecule has 0 atom stereocenters. The number of hydrogen-bond donors (Lipinski definition) is 1. The van der Waals surface area contributed by atoms with Gasteiger partial charge in [0.2, 0.25) is 0 Å². The molecule has 1 aliphatic carbocycles. The quantitative estimate of drug-likeness (QED) is 0.620. The average molecular weight is 421 g/mol. The largest absolute Gasteiger partial charge is 0.497 e. The van der Waals surface area contributed by atoms with Crippen LogP contribution in [0.15, 0.2) is 53.5 Å². The molecule has 0 bridgehead atoms. The van der Waals surface area contributed by atoms with Gasteiger partial charge >= 0.3 is 0 Å². The Kier molecular flexibility index (Phi) is 6.33. The van der Waals surface area contributed by atoms with Gasteiger partial charge in [-0.25, -0.2) is 0 Å². The molecule has 31 heavy (non-hydrogen) atoms. The van der Waals surface area contributed by atoms with Gasteiger partial charge in [-0.2, -0.15) is 0 Å². The Bertz CT molecular complexity index is 1090. The number of pyridine rings is 1. The highest BCUT2D eigenvalue weighted by Crippen LogP contribution is 2.33. The lowest BCUT2D eigenvalue weighted by molar-refractivity contribution is 0.145. The monoisotopic (exact) mass is 420 g/mol. The number of hydrogen-bond acceptors (Lipinski definition) is 4. The number of ether oxygens (including phenoxy) is 2. The predicted octanol–water partition coefficient (Wildman–Crippen LogP) is 4.83. The van der Waals surface area contributed by atoms with Gasteiger partial charge in [-0.3, -0.25) is 4.79 Å². The number of nitrogens with two attached hydrogens (primary N) is 1. The molecule has 3 aromatic rings. The van der Waals surface area contributed by atoms with Crippen molar-refractivity contribution < 1.29 is 9.47 Å². The van der Waals surface area contributed by atoms with E-state index in [1.54, 1.807) is 11.7 Å². The van der Waals surface area contributed by atoms with E-state index in [1.807, 2.05) is 48.7 Å². The number of aromatic nitrogens is 1. The Morgan fingerprint density at radius 1 is 1.06 bits per heavy atom. The highest BCUT2D eigenvalue weighted by Gasteiger charge is 2.22. The van der Waals surface area contributed by atoms with E-state index < -0.39 is 0 Å². The SMILES string of the molecule is COc1ccc(Cn2ccc3cc(O[C@H]4CC[C@@H](N)CC4)c(C(C)C)cc3c2=O)cc1. The lowest BCUT2D eigenvalue weighted by Crippen LogP contribution is -2.31. The Morgan fingerprint density at radius 2 is 1.77 bits per heavy atom. The molecule has 5 heteroatoms. The third-order valence-electron chi connectivity index (χ3n) is 6.25. The van der Waals surface area contributed by atoms with E-state index in [4.69, 9.17) is 15.2 Å². The number of benzene rings is 2.